The first-order chi connectivity index (χ1) is 16.6. The van der Waals surface area contributed by atoms with Crippen LogP contribution in [-0.2, 0) is 28.8 Å². The summed E-state index contributed by atoms with van der Waals surface area (Å²) in [5.41, 5.74) is -2.74. The Kier molecular flexibility index (Phi) is 18.9. The average molecular weight is 712 g/mol. The van der Waals surface area contributed by atoms with E-state index in [1.54, 1.807) is 0 Å². The normalized spacial score (nSPS) is 12.2. The van der Waals surface area contributed by atoms with Crippen molar-refractivity contribution in [1.82, 2.24) is 0 Å². The third-order valence-corrected chi connectivity index (χ3v) is 5.22. The molecule has 0 bridgehead atoms. The first-order valence-corrected chi connectivity index (χ1v) is 13.5. The topological polar surface area (TPSA) is 102 Å². The Morgan fingerprint density at radius 2 is 0.350 bits per heavy atom. The van der Waals surface area contributed by atoms with E-state index < -0.39 is 32.5 Å². The Morgan fingerprint density at radius 1 is 0.275 bits per heavy atom. The van der Waals surface area contributed by atoms with Crippen LogP contribution in [0.2, 0.25) is 0 Å². The van der Waals surface area contributed by atoms with Crippen molar-refractivity contribution < 1.29 is 66.9 Å². The van der Waals surface area contributed by atoms with Crippen LogP contribution in [0.3, 0.4) is 0 Å². The first kappa shape index (κ1) is 45.9. The number of carbonyl (C=O) groups is 6. The maximum absolute atomic E-state index is 11.4. The molecule has 0 aliphatic carbocycles. The van der Waals surface area contributed by atoms with E-state index in [0.717, 1.165) is 0 Å². The third-order valence-electron chi connectivity index (χ3n) is 5.22. The molecule has 0 aliphatic heterocycles. The van der Waals surface area contributed by atoms with Gasteiger partial charge in [-0.1, -0.05) is 125 Å². The van der Waals surface area contributed by atoms with Crippen LogP contribution in [0, 0.1) is 89.9 Å². The molecule has 0 saturated carbocycles. The molecule has 0 aromatic rings. The molecule has 0 unspecified atom stereocenters. The molecule has 40 heavy (non-hydrogen) atoms. The van der Waals surface area contributed by atoms with Gasteiger partial charge in [0.25, 0.3) is 0 Å². The SMILES string of the molecule is CC(C)(C)C(=O)[CH-]C(=O)C(C)(C)C.CC(C)(C)C(=O)[CH-]C(=O)C(C)(C)C.CC(C)(C)C(=O)[CH-]C(=O)C(C)(C)C.[Dy+3]. The second-order valence-electron chi connectivity index (χ2n) is 16.1. The summed E-state index contributed by atoms with van der Waals surface area (Å²) in [6, 6.07) is 0. The van der Waals surface area contributed by atoms with Gasteiger partial charge >= 0.3 is 38.2 Å². The second-order valence-corrected chi connectivity index (χ2v) is 16.1. The summed E-state index contributed by atoms with van der Waals surface area (Å²) in [6.07, 6.45) is 3.67. The van der Waals surface area contributed by atoms with E-state index in [4.69, 9.17) is 0 Å². The van der Waals surface area contributed by atoms with Crippen LogP contribution >= 0.6 is 0 Å². The largest absolute Gasteiger partial charge is 3.00 e. The van der Waals surface area contributed by atoms with Crippen molar-refractivity contribution in [2.45, 2.75) is 125 Å². The first-order valence-electron chi connectivity index (χ1n) is 13.5. The summed E-state index contributed by atoms with van der Waals surface area (Å²) in [5, 5.41) is 0. The van der Waals surface area contributed by atoms with E-state index in [9.17, 15) is 28.8 Å². The van der Waals surface area contributed by atoms with Gasteiger partial charge in [-0.25, -0.2) is 0 Å². The number of Topliss-reactive ketones (excluding diaryl/α,β-unsaturated/α-hetero) is 6. The fourth-order valence-electron chi connectivity index (χ4n) is 1.66. The standard InChI is InChI=1S/3C11H19O2.Dy/c3*1-10(2,3)8(12)7-9(13)11(4,5)6;/h3*7H,1-6H3;/q3*-1;+3. The molecule has 0 fully saturated rings. The Labute approximate surface area is 276 Å². The quantitative estimate of drug-likeness (QED) is 0.212. The number of rotatable bonds is 6. The second kappa shape index (κ2) is 16.5. The Morgan fingerprint density at radius 3 is 0.400 bits per heavy atom. The minimum absolute atomic E-state index is 0. The zero-order chi connectivity index (χ0) is 32.6. The molecule has 6 nitrogen and oxygen atoms in total. The summed E-state index contributed by atoms with van der Waals surface area (Å²) >= 11 is 0. The fourth-order valence-corrected chi connectivity index (χ4v) is 1.66. The summed E-state index contributed by atoms with van der Waals surface area (Å²) in [4.78, 5) is 68.7. The number of carbonyl (C=O) groups excluding carboxylic acids is 6. The zero-order valence-corrected chi connectivity index (χ0v) is 30.5. The van der Waals surface area contributed by atoms with Crippen molar-refractivity contribution in [3.05, 3.63) is 19.3 Å². The predicted molar refractivity (Wildman–Crippen MR) is 160 cm³/mol. The number of ketones is 6. The van der Waals surface area contributed by atoms with Crippen molar-refractivity contribution in [2.24, 2.45) is 32.5 Å². The summed E-state index contributed by atoms with van der Waals surface area (Å²) in [6.45, 7) is 32.5. The molecule has 0 heterocycles. The van der Waals surface area contributed by atoms with Crippen molar-refractivity contribution in [3.8, 4) is 0 Å². The van der Waals surface area contributed by atoms with Gasteiger partial charge in [0.2, 0.25) is 0 Å². The molecule has 0 spiro atoms. The fraction of sp³-hybridized carbons (Fsp3) is 0.727. The Hall–Kier alpha value is -1.10. The average Bonchev–Trinajstić information content (AvgIpc) is 2.64. The molecule has 235 valence electrons. The maximum Gasteiger partial charge on any atom is 3.00 e. The van der Waals surface area contributed by atoms with Gasteiger partial charge in [0, 0.05) is 34.7 Å². The minimum atomic E-state index is -0.457. The smallest absolute Gasteiger partial charge is 0.333 e. The van der Waals surface area contributed by atoms with E-state index in [2.05, 4.69) is 0 Å². The van der Waals surface area contributed by atoms with Gasteiger partial charge in [-0.05, 0) is 32.5 Å². The monoisotopic (exact) mass is 713 g/mol. The molecule has 0 saturated heterocycles. The molecule has 1 radical (unpaired) electrons. The van der Waals surface area contributed by atoms with Gasteiger partial charge in [-0.2, -0.15) is 0 Å². The van der Waals surface area contributed by atoms with E-state index in [-0.39, 0.29) is 72.9 Å². The minimum Gasteiger partial charge on any atom is -0.333 e. The molecular formula is C33H57DyO6. The molecule has 0 aliphatic rings. The molecule has 0 amide bonds. The molecule has 0 aromatic heterocycles. The molecule has 0 rings (SSSR count). The van der Waals surface area contributed by atoms with Crippen LogP contribution in [0.1, 0.15) is 125 Å². The van der Waals surface area contributed by atoms with Crippen LogP contribution < -0.4 is 0 Å². The van der Waals surface area contributed by atoms with Crippen LogP contribution in [0.15, 0.2) is 0 Å². The molecule has 0 aromatic carbocycles. The van der Waals surface area contributed by atoms with Crippen LogP contribution in [0.25, 0.3) is 0 Å². The van der Waals surface area contributed by atoms with Crippen LogP contribution in [0.5, 0.6) is 0 Å². The van der Waals surface area contributed by atoms with Crippen LogP contribution in [-0.4, -0.2) is 34.7 Å². The molecule has 0 atom stereocenters. The van der Waals surface area contributed by atoms with Gasteiger partial charge in [0.1, 0.15) is 0 Å². The zero-order valence-electron chi connectivity index (χ0n) is 28.5. The predicted octanol–water partition coefficient (Wildman–Crippen LogP) is 7.26. The van der Waals surface area contributed by atoms with Crippen molar-refractivity contribution in [3.63, 3.8) is 0 Å². The van der Waals surface area contributed by atoms with Gasteiger partial charge in [0.15, 0.2) is 0 Å². The van der Waals surface area contributed by atoms with E-state index in [1.165, 1.54) is 19.3 Å². The van der Waals surface area contributed by atoms with E-state index >= 15 is 0 Å². The van der Waals surface area contributed by atoms with Gasteiger partial charge in [0.05, 0.1) is 0 Å². The van der Waals surface area contributed by atoms with Crippen molar-refractivity contribution in [1.29, 1.82) is 0 Å². The summed E-state index contributed by atoms with van der Waals surface area (Å²) in [5.74, 6) is -0.625. The molecular weight excluding hydrogens is 655 g/mol. The Bertz CT molecular complexity index is 693. The van der Waals surface area contributed by atoms with Gasteiger partial charge in [-0.15, -0.1) is 0 Å². The van der Waals surface area contributed by atoms with Gasteiger partial charge < -0.3 is 28.8 Å². The third kappa shape index (κ3) is 21.6. The molecule has 7 heteroatoms. The van der Waals surface area contributed by atoms with Crippen molar-refractivity contribution >= 4 is 34.7 Å². The summed E-state index contributed by atoms with van der Waals surface area (Å²) in [7, 11) is 0. The van der Waals surface area contributed by atoms with Crippen molar-refractivity contribution in [2.75, 3.05) is 0 Å². The maximum atomic E-state index is 11.4. The Balaban J connectivity index is -0.000000240. The number of hydrogen-bond donors (Lipinski definition) is 0. The van der Waals surface area contributed by atoms with E-state index in [1.807, 2.05) is 125 Å². The summed E-state index contributed by atoms with van der Waals surface area (Å²) < 4.78 is 0. The molecule has 0 N–H and O–H groups in total. The van der Waals surface area contributed by atoms with Gasteiger partial charge in [-0.3, -0.25) is 19.3 Å². The van der Waals surface area contributed by atoms with E-state index in [0.29, 0.717) is 0 Å². The van der Waals surface area contributed by atoms with Crippen LogP contribution in [0.4, 0.5) is 0 Å². The number of hydrogen-bond acceptors (Lipinski definition) is 6.